The van der Waals surface area contributed by atoms with Crippen LogP contribution >= 0.6 is 0 Å². The van der Waals surface area contributed by atoms with Crippen LogP contribution in [-0.2, 0) is 8.85 Å². The molecule has 0 aliphatic carbocycles. The van der Waals surface area contributed by atoms with Crippen molar-refractivity contribution in [2.24, 2.45) is 0 Å². The largest absolute Gasteiger partial charge is 0.408 e. The summed E-state index contributed by atoms with van der Waals surface area (Å²) < 4.78 is 14.7. The van der Waals surface area contributed by atoms with Crippen molar-refractivity contribution in [3.63, 3.8) is 0 Å². The van der Waals surface area contributed by atoms with Gasteiger partial charge in [-0.25, -0.2) is 0 Å². The Morgan fingerprint density at radius 3 is 1.23 bits per heavy atom. The summed E-state index contributed by atoms with van der Waals surface area (Å²) in [6.45, 7) is 0. The second-order valence-corrected chi connectivity index (χ2v) is 12.8. The molecule has 6 aromatic rings. The number of hydrogen-bond acceptors (Lipinski definition) is 2. The lowest BCUT2D eigenvalue weighted by Gasteiger charge is -2.35. The SMILES string of the molecule is C1=C[C@H](c2cccc3ccccc23)O[Si](c2ccccc2)(c2ccccc2)O[C@H]1c1cccc2ccccc12. The van der Waals surface area contributed by atoms with Gasteiger partial charge in [-0.05, 0) is 43.0 Å². The van der Waals surface area contributed by atoms with Gasteiger partial charge in [-0.2, -0.15) is 0 Å². The standard InChI is InChI=1S/C36H28O2Si/c1-3-17-29(18-4-1)39(30-19-5-2-6-20-30)37-35(33-23-11-15-27-13-7-9-21-31(27)33)25-26-36(38-39)34-24-12-16-28-14-8-10-22-32(28)34/h1-26,35-36H/t35-,36-/m1/s1. The van der Waals surface area contributed by atoms with Crippen molar-refractivity contribution in [1.29, 1.82) is 0 Å². The van der Waals surface area contributed by atoms with E-state index in [9.17, 15) is 0 Å². The predicted molar refractivity (Wildman–Crippen MR) is 163 cm³/mol. The summed E-state index contributed by atoms with van der Waals surface area (Å²) in [5.74, 6) is 0. The summed E-state index contributed by atoms with van der Waals surface area (Å²) in [6.07, 6.45) is 3.86. The van der Waals surface area contributed by atoms with Crippen LogP contribution in [0.25, 0.3) is 21.5 Å². The molecule has 1 aliphatic heterocycles. The predicted octanol–water partition coefficient (Wildman–Crippen LogP) is 7.64. The van der Waals surface area contributed by atoms with E-state index in [1.54, 1.807) is 0 Å². The van der Waals surface area contributed by atoms with Gasteiger partial charge in [0.1, 0.15) is 0 Å². The molecule has 1 aliphatic rings. The lowest BCUT2D eigenvalue weighted by Crippen LogP contribution is -2.63. The molecule has 2 nitrogen and oxygen atoms in total. The summed E-state index contributed by atoms with van der Waals surface area (Å²) in [4.78, 5) is 0. The van der Waals surface area contributed by atoms with E-state index in [1.165, 1.54) is 21.5 Å². The van der Waals surface area contributed by atoms with Crippen molar-refractivity contribution in [3.05, 3.63) is 169 Å². The minimum atomic E-state index is -3.21. The number of hydrogen-bond donors (Lipinski definition) is 0. The minimum absolute atomic E-state index is 0.275. The Morgan fingerprint density at radius 1 is 0.385 bits per heavy atom. The third kappa shape index (κ3) is 4.31. The lowest BCUT2D eigenvalue weighted by molar-refractivity contribution is 0.148. The third-order valence-electron chi connectivity index (χ3n) is 7.61. The van der Waals surface area contributed by atoms with Crippen LogP contribution in [0.3, 0.4) is 0 Å². The molecule has 0 saturated heterocycles. The molecular formula is C36H28O2Si. The molecule has 188 valence electrons. The fraction of sp³-hybridized carbons (Fsp3) is 0.0556. The highest BCUT2D eigenvalue weighted by molar-refractivity contribution is 6.92. The lowest BCUT2D eigenvalue weighted by atomic mass is 9.98. The Hall–Kier alpha value is -4.28. The van der Waals surface area contributed by atoms with Gasteiger partial charge in [0, 0.05) is 0 Å². The highest BCUT2D eigenvalue weighted by atomic mass is 28.4. The van der Waals surface area contributed by atoms with Gasteiger partial charge in [0.2, 0.25) is 0 Å². The Labute approximate surface area is 230 Å². The summed E-state index contributed by atoms with van der Waals surface area (Å²) in [5.41, 5.74) is 2.30. The Bertz CT molecular complexity index is 1640. The molecule has 0 bridgehead atoms. The zero-order valence-electron chi connectivity index (χ0n) is 21.5. The van der Waals surface area contributed by atoms with Crippen molar-refractivity contribution < 1.29 is 8.85 Å². The molecule has 0 radical (unpaired) electrons. The first-order chi connectivity index (χ1) is 19.3. The molecule has 2 atom stereocenters. The maximum Gasteiger partial charge on any atom is 0.408 e. The summed E-state index contributed by atoms with van der Waals surface area (Å²) >= 11 is 0. The first-order valence-corrected chi connectivity index (χ1v) is 15.2. The molecule has 0 N–H and O–H groups in total. The van der Waals surface area contributed by atoms with Crippen LogP contribution < -0.4 is 10.4 Å². The quantitative estimate of drug-likeness (QED) is 0.176. The van der Waals surface area contributed by atoms with E-state index in [-0.39, 0.29) is 12.2 Å². The fourth-order valence-corrected chi connectivity index (χ4v) is 9.07. The molecule has 0 unspecified atom stereocenters. The van der Waals surface area contributed by atoms with Gasteiger partial charge in [0.15, 0.2) is 0 Å². The maximum absolute atomic E-state index is 7.36. The molecule has 39 heavy (non-hydrogen) atoms. The highest BCUT2D eigenvalue weighted by Crippen LogP contribution is 2.38. The summed E-state index contributed by atoms with van der Waals surface area (Å²) in [5, 5.41) is 6.99. The van der Waals surface area contributed by atoms with Crippen LogP contribution in [0.2, 0.25) is 0 Å². The van der Waals surface area contributed by atoms with Crippen LogP contribution in [0.15, 0.2) is 158 Å². The van der Waals surface area contributed by atoms with Crippen molar-refractivity contribution >= 4 is 40.5 Å². The molecule has 7 rings (SSSR count). The molecule has 3 heteroatoms. The zero-order chi connectivity index (χ0) is 26.1. The molecule has 0 saturated carbocycles. The van der Waals surface area contributed by atoms with Gasteiger partial charge in [-0.3, -0.25) is 0 Å². The molecular weight excluding hydrogens is 492 g/mol. The van der Waals surface area contributed by atoms with Crippen LogP contribution in [-0.4, -0.2) is 8.56 Å². The molecule has 1 heterocycles. The third-order valence-corrected chi connectivity index (χ3v) is 11.0. The van der Waals surface area contributed by atoms with E-state index in [0.29, 0.717) is 0 Å². The number of fused-ring (bicyclic) bond motifs is 2. The van der Waals surface area contributed by atoms with E-state index in [4.69, 9.17) is 8.85 Å². The average Bonchev–Trinajstić information content (AvgIpc) is 3.23. The van der Waals surface area contributed by atoms with Gasteiger partial charge in [-0.1, -0.05) is 158 Å². The van der Waals surface area contributed by atoms with Gasteiger partial charge >= 0.3 is 8.56 Å². The zero-order valence-corrected chi connectivity index (χ0v) is 22.5. The van der Waals surface area contributed by atoms with Crippen molar-refractivity contribution in [2.45, 2.75) is 12.2 Å². The average molecular weight is 521 g/mol. The number of rotatable bonds is 4. The van der Waals surface area contributed by atoms with E-state index >= 15 is 0 Å². The van der Waals surface area contributed by atoms with Crippen LogP contribution in [0.4, 0.5) is 0 Å². The van der Waals surface area contributed by atoms with E-state index in [0.717, 1.165) is 21.5 Å². The molecule has 0 aromatic heterocycles. The minimum Gasteiger partial charge on any atom is -0.377 e. The normalized spacial score (nSPS) is 18.7. The van der Waals surface area contributed by atoms with Crippen molar-refractivity contribution in [3.8, 4) is 0 Å². The van der Waals surface area contributed by atoms with E-state index in [2.05, 4.69) is 158 Å². The molecule has 6 aromatic carbocycles. The molecule has 0 fully saturated rings. The number of benzene rings is 6. The van der Waals surface area contributed by atoms with Gasteiger partial charge < -0.3 is 8.85 Å². The first kappa shape index (κ1) is 23.8. The van der Waals surface area contributed by atoms with Gasteiger partial charge in [-0.15, -0.1) is 0 Å². The van der Waals surface area contributed by atoms with Crippen molar-refractivity contribution in [2.75, 3.05) is 0 Å². The fourth-order valence-electron chi connectivity index (χ4n) is 5.75. The smallest absolute Gasteiger partial charge is 0.377 e. The second kappa shape index (κ2) is 10.1. The molecule has 0 spiro atoms. The monoisotopic (exact) mass is 520 g/mol. The van der Waals surface area contributed by atoms with E-state index < -0.39 is 8.56 Å². The van der Waals surface area contributed by atoms with Crippen LogP contribution in [0.1, 0.15) is 23.3 Å². The summed E-state index contributed by atoms with van der Waals surface area (Å²) in [7, 11) is -3.21. The van der Waals surface area contributed by atoms with Crippen LogP contribution in [0.5, 0.6) is 0 Å². The first-order valence-electron chi connectivity index (χ1n) is 13.4. The highest BCUT2D eigenvalue weighted by Gasteiger charge is 2.48. The molecule has 0 amide bonds. The second-order valence-electron chi connectivity index (χ2n) is 9.95. The van der Waals surface area contributed by atoms with E-state index in [1.807, 2.05) is 0 Å². The van der Waals surface area contributed by atoms with Crippen molar-refractivity contribution in [1.82, 2.24) is 0 Å². The van der Waals surface area contributed by atoms with Gasteiger partial charge in [0.05, 0.1) is 12.2 Å². The Morgan fingerprint density at radius 2 is 0.769 bits per heavy atom. The Balaban J connectivity index is 1.48. The topological polar surface area (TPSA) is 18.5 Å². The summed E-state index contributed by atoms with van der Waals surface area (Å²) in [6, 6.07) is 51.1. The Kier molecular flexibility index (Phi) is 6.18. The van der Waals surface area contributed by atoms with Crippen LogP contribution in [0, 0.1) is 0 Å². The van der Waals surface area contributed by atoms with Gasteiger partial charge in [0.25, 0.3) is 0 Å². The maximum atomic E-state index is 7.36.